The Balaban J connectivity index is 1.29. The van der Waals surface area contributed by atoms with E-state index in [1.807, 2.05) is 6.07 Å². The zero-order valence-corrected chi connectivity index (χ0v) is 17.4. The molecule has 156 valence electrons. The summed E-state index contributed by atoms with van der Waals surface area (Å²) in [6.07, 6.45) is 3.49. The lowest BCUT2D eigenvalue weighted by molar-refractivity contribution is -0.124. The van der Waals surface area contributed by atoms with E-state index in [9.17, 15) is 9.59 Å². The number of carbonyl (C=O) groups excluding carboxylic acids is 1. The van der Waals surface area contributed by atoms with Crippen molar-refractivity contribution in [1.82, 2.24) is 14.2 Å². The second kappa shape index (κ2) is 8.37. The minimum absolute atomic E-state index is 0.0871. The van der Waals surface area contributed by atoms with Crippen LogP contribution in [0.3, 0.4) is 0 Å². The third kappa shape index (κ3) is 4.44. The van der Waals surface area contributed by atoms with Crippen LogP contribution in [0.5, 0.6) is 0 Å². The highest BCUT2D eigenvalue weighted by Gasteiger charge is 2.45. The summed E-state index contributed by atoms with van der Waals surface area (Å²) in [5.41, 5.74) is -0.0298. The molecule has 0 saturated carbocycles. The van der Waals surface area contributed by atoms with Gasteiger partial charge in [0, 0.05) is 76.7 Å². The van der Waals surface area contributed by atoms with Gasteiger partial charge in [0.2, 0.25) is 0 Å². The summed E-state index contributed by atoms with van der Waals surface area (Å²) in [6.45, 7) is 3.64. The third-order valence-electron chi connectivity index (χ3n) is 5.53. The molecule has 0 aromatic carbocycles. The van der Waals surface area contributed by atoms with Crippen LogP contribution in [0, 0.1) is 0 Å². The molecule has 3 aliphatic heterocycles. The lowest BCUT2D eigenvalue weighted by Crippen LogP contribution is -2.51. The molecule has 2 fully saturated rings. The first kappa shape index (κ1) is 20.2. The average molecular weight is 440 g/mol. The van der Waals surface area contributed by atoms with E-state index in [2.05, 4.69) is 15.0 Å². The highest BCUT2D eigenvalue weighted by molar-refractivity contribution is 8.11. The number of rotatable bonds is 3. The number of pyridine rings is 1. The van der Waals surface area contributed by atoms with Gasteiger partial charge in [-0.05, 0) is 12.1 Å². The summed E-state index contributed by atoms with van der Waals surface area (Å²) in [6, 6.07) is 3.61. The van der Waals surface area contributed by atoms with Crippen LogP contribution < -0.4 is 4.90 Å². The van der Waals surface area contributed by atoms with Crippen molar-refractivity contribution in [3.05, 3.63) is 23.4 Å². The van der Waals surface area contributed by atoms with Crippen molar-refractivity contribution in [3.8, 4) is 0 Å². The molecule has 3 aliphatic rings. The van der Waals surface area contributed by atoms with Crippen molar-refractivity contribution < 1.29 is 19.5 Å². The van der Waals surface area contributed by atoms with Crippen molar-refractivity contribution in [2.75, 3.05) is 44.2 Å². The molecule has 11 heteroatoms. The van der Waals surface area contributed by atoms with Crippen molar-refractivity contribution in [1.29, 1.82) is 0 Å². The van der Waals surface area contributed by atoms with E-state index in [4.69, 9.17) is 21.5 Å². The van der Waals surface area contributed by atoms with Crippen LogP contribution in [-0.2, 0) is 9.63 Å². The van der Waals surface area contributed by atoms with E-state index >= 15 is 0 Å². The lowest BCUT2D eigenvalue weighted by atomic mass is 9.87. The predicted octanol–water partition coefficient (Wildman–Crippen LogP) is 2.32. The molecule has 0 bridgehead atoms. The molecule has 1 aromatic heterocycles. The van der Waals surface area contributed by atoms with Crippen LogP contribution in [0.15, 0.2) is 23.5 Å². The second-order valence-corrected chi connectivity index (χ2v) is 8.82. The largest absolute Gasteiger partial charge is 0.472 e. The molecule has 2 saturated heterocycles. The Bertz CT molecular complexity index is 822. The van der Waals surface area contributed by atoms with Gasteiger partial charge in [-0.1, -0.05) is 16.8 Å². The first-order valence-corrected chi connectivity index (χ1v) is 10.7. The van der Waals surface area contributed by atoms with Gasteiger partial charge in [0.05, 0.1) is 5.02 Å². The van der Waals surface area contributed by atoms with Crippen LogP contribution in [0.2, 0.25) is 5.02 Å². The third-order valence-corrected chi connectivity index (χ3v) is 6.61. The molecule has 1 N–H and O–H groups in total. The Hall–Kier alpha value is -2.04. The summed E-state index contributed by atoms with van der Waals surface area (Å²) in [5.74, 6) is 0.656. The number of amides is 1. The van der Waals surface area contributed by atoms with Crippen molar-refractivity contribution in [2.24, 2.45) is 5.16 Å². The Morgan fingerprint density at radius 2 is 1.90 bits per heavy atom. The summed E-state index contributed by atoms with van der Waals surface area (Å²) in [7, 11) is 0. The predicted molar refractivity (Wildman–Crippen MR) is 110 cm³/mol. The number of aromatic nitrogens is 1. The molecule has 4 rings (SSSR count). The molecule has 0 aliphatic carbocycles. The molecule has 9 nitrogen and oxygen atoms in total. The number of halogens is 1. The van der Waals surface area contributed by atoms with Gasteiger partial charge in [-0.15, -0.1) is 0 Å². The van der Waals surface area contributed by atoms with Gasteiger partial charge in [0.25, 0.3) is 5.91 Å². The van der Waals surface area contributed by atoms with Gasteiger partial charge in [-0.25, -0.2) is 14.1 Å². The van der Waals surface area contributed by atoms with Crippen molar-refractivity contribution >= 4 is 46.3 Å². The second-order valence-electron chi connectivity index (χ2n) is 7.36. The summed E-state index contributed by atoms with van der Waals surface area (Å²) in [5, 5.41) is 12.7. The van der Waals surface area contributed by atoms with Crippen LogP contribution in [0.25, 0.3) is 0 Å². The maximum Gasteiger partial charge on any atom is 0.380 e. The Labute approximate surface area is 177 Å². The quantitative estimate of drug-likeness (QED) is 0.716. The highest BCUT2D eigenvalue weighted by Crippen LogP contribution is 2.36. The van der Waals surface area contributed by atoms with Crippen LogP contribution in [0.1, 0.15) is 19.3 Å². The summed E-state index contributed by atoms with van der Waals surface area (Å²) < 4.78 is 1.80. The number of nitrogens with zero attached hydrogens (tertiary/aromatic N) is 5. The number of carboxylic acid groups (broad SMARTS) is 1. The van der Waals surface area contributed by atoms with E-state index in [1.165, 1.54) is 0 Å². The number of anilines is 1. The number of hydrogen-bond acceptors (Lipinski definition) is 8. The van der Waals surface area contributed by atoms with Crippen LogP contribution >= 0.6 is 23.5 Å². The molecule has 1 aromatic rings. The SMILES string of the molecule is O=C(O)SN1CCC2(CC1)CC(C(=O)N1CCN(c3ncccc3Cl)CC1)=NO2. The van der Waals surface area contributed by atoms with E-state index in [0.717, 1.165) is 17.8 Å². The Morgan fingerprint density at radius 3 is 2.55 bits per heavy atom. The number of carbonyl (C=O) groups is 2. The number of piperidine rings is 1. The minimum Gasteiger partial charge on any atom is -0.472 e. The zero-order valence-electron chi connectivity index (χ0n) is 15.8. The molecule has 0 radical (unpaired) electrons. The van der Waals surface area contributed by atoms with Crippen LogP contribution in [-0.4, -0.2) is 81.1 Å². The van der Waals surface area contributed by atoms with Crippen molar-refractivity contribution in [3.63, 3.8) is 0 Å². The van der Waals surface area contributed by atoms with Gasteiger partial charge < -0.3 is 19.7 Å². The minimum atomic E-state index is -0.911. The molecule has 1 spiro atoms. The maximum atomic E-state index is 12.9. The standard InChI is InChI=1S/C18H22ClN5O4S/c19-13-2-1-5-20-15(13)22-8-10-23(11-9-22)16(25)14-12-18(28-21-14)3-6-24(7-4-18)29-17(26)27/h1-2,5H,3-4,6-12H2,(H,26,27). The monoisotopic (exact) mass is 439 g/mol. The average Bonchev–Trinajstić information content (AvgIpc) is 3.13. The Morgan fingerprint density at radius 1 is 1.17 bits per heavy atom. The summed E-state index contributed by atoms with van der Waals surface area (Å²) >= 11 is 7.03. The fraction of sp³-hybridized carbons (Fsp3) is 0.556. The molecular weight excluding hydrogens is 418 g/mol. The molecule has 1 amide bonds. The topological polar surface area (TPSA) is 98.6 Å². The molecule has 29 heavy (non-hydrogen) atoms. The number of hydrogen-bond donors (Lipinski definition) is 1. The molecular formula is C18H22ClN5O4S. The van der Waals surface area contributed by atoms with Crippen molar-refractivity contribution in [2.45, 2.75) is 24.9 Å². The first-order chi connectivity index (χ1) is 14.0. The van der Waals surface area contributed by atoms with Gasteiger partial charge in [0.15, 0.2) is 0 Å². The zero-order chi connectivity index (χ0) is 20.4. The smallest absolute Gasteiger partial charge is 0.380 e. The summed E-state index contributed by atoms with van der Waals surface area (Å²) in [4.78, 5) is 37.6. The first-order valence-electron chi connectivity index (χ1n) is 9.51. The fourth-order valence-corrected chi connectivity index (χ4v) is 4.74. The van der Waals surface area contributed by atoms with Gasteiger partial charge in [-0.2, -0.15) is 0 Å². The lowest BCUT2D eigenvalue weighted by Gasteiger charge is -2.36. The molecule has 0 atom stereocenters. The number of piperazine rings is 1. The molecule has 0 unspecified atom stereocenters. The van der Waals surface area contributed by atoms with E-state index in [1.54, 1.807) is 21.5 Å². The van der Waals surface area contributed by atoms with Gasteiger partial charge in [0.1, 0.15) is 17.1 Å². The fourth-order valence-electron chi connectivity index (χ4n) is 3.91. The van der Waals surface area contributed by atoms with Gasteiger partial charge >= 0.3 is 5.30 Å². The highest BCUT2D eigenvalue weighted by atomic mass is 35.5. The number of oxime groups is 1. The van der Waals surface area contributed by atoms with E-state index in [-0.39, 0.29) is 5.91 Å². The van der Waals surface area contributed by atoms with E-state index in [0.29, 0.717) is 69.3 Å². The van der Waals surface area contributed by atoms with E-state index < -0.39 is 10.9 Å². The van der Waals surface area contributed by atoms with Crippen LogP contribution in [0.4, 0.5) is 10.6 Å². The normalized spacial score (nSPS) is 21.8. The van der Waals surface area contributed by atoms with Gasteiger partial charge in [-0.3, -0.25) is 4.79 Å². The Kier molecular flexibility index (Phi) is 5.84. The maximum absolute atomic E-state index is 12.9. The molecule has 4 heterocycles.